The average molecular weight is 380 g/mol. The van der Waals surface area contributed by atoms with Crippen LogP contribution < -0.4 is 5.32 Å². The number of amides is 1. The van der Waals surface area contributed by atoms with E-state index >= 15 is 0 Å². The first-order valence-electron chi connectivity index (χ1n) is 8.98. The summed E-state index contributed by atoms with van der Waals surface area (Å²) in [6.45, 7) is 2.68. The van der Waals surface area contributed by atoms with Crippen LogP contribution in [-0.2, 0) is 13.0 Å². The molecule has 3 aromatic heterocycles. The van der Waals surface area contributed by atoms with Gasteiger partial charge in [0.25, 0.3) is 5.91 Å². The normalized spacial score (nSPS) is 11.1. The number of furan rings is 1. The Hall–Kier alpha value is -2.93. The number of hydrogen-bond donors (Lipinski definition) is 1. The van der Waals surface area contributed by atoms with E-state index in [0.29, 0.717) is 17.4 Å². The standard InChI is InChI=1S/C20H20N4O2S/c1-2-3-5-14-6-8-16-18(12-14)27-20(22-16)23-19(25)17-9-7-15(26-17)13-24-11-4-10-21-24/h4,6-12H,2-3,5,13H2,1H3,(H,22,23,25). The van der Waals surface area contributed by atoms with Crippen LogP contribution in [0, 0.1) is 0 Å². The summed E-state index contributed by atoms with van der Waals surface area (Å²) in [4.78, 5) is 17.0. The minimum Gasteiger partial charge on any atom is -0.454 e. The van der Waals surface area contributed by atoms with Gasteiger partial charge in [-0.2, -0.15) is 5.10 Å². The maximum atomic E-state index is 12.5. The molecule has 0 spiro atoms. The summed E-state index contributed by atoms with van der Waals surface area (Å²) in [6.07, 6.45) is 6.97. The zero-order chi connectivity index (χ0) is 18.6. The van der Waals surface area contributed by atoms with Gasteiger partial charge in [-0.05, 0) is 48.7 Å². The smallest absolute Gasteiger partial charge is 0.293 e. The molecule has 4 rings (SSSR count). The summed E-state index contributed by atoms with van der Waals surface area (Å²) in [7, 11) is 0. The fourth-order valence-electron chi connectivity index (χ4n) is 2.86. The van der Waals surface area contributed by atoms with Crippen molar-refractivity contribution in [2.45, 2.75) is 32.7 Å². The third-order valence-electron chi connectivity index (χ3n) is 4.25. The molecule has 138 valence electrons. The van der Waals surface area contributed by atoms with E-state index in [4.69, 9.17) is 4.42 Å². The van der Waals surface area contributed by atoms with E-state index in [0.717, 1.165) is 16.6 Å². The van der Waals surface area contributed by atoms with Gasteiger partial charge in [0.1, 0.15) is 5.76 Å². The van der Waals surface area contributed by atoms with E-state index in [1.54, 1.807) is 23.0 Å². The average Bonchev–Trinajstić information content (AvgIpc) is 3.40. The highest BCUT2D eigenvalue weighted by atomic mass is 32.1. The first kappa shape index (κ1) is 17.5. The molecule has 1 N–H and O–H groups in total. The second-order valence-electron chi connectivity index (χ2n) is 6.35. The molecule has 4 aromatic rings. The Labute approximate surface area is 160 Å². The fourth-order valence-corrected chi connectivity index (χ4v) is 3.78. The third kappa shape index (κ3) is 4.09. The lowest BCUT2D eigenvalue weighted by molar-refractivity contribution is 0.0994. The highest BCUT2D eigenvalue weighted by Crippen LogP contribution is 2.27. The predicted octanol–water partition coefficient (Wildman–Crippen LogP) is 4.73. The molecule has 6 nitrogen and oxygen atoms in total. The first-order chi connectivity index (χ1) is 13.2. The number of nitrogens with one attached hydrogen (secondary N) is 1. The summed E-state index contributed by atoms with van der Waals surface area (Å²) < 4.78 is 8.45. The van der Waals surface area contributed by atoms with Gasteiger partial charge in [-0.15, -0.1) is 0 Å². The number of carbonyl (C=O) groups is 1. The minimum atomic E-state index is -0.299. The molecule has 1 amide bonds. The molecule has 0 aliphatic carbocycles. The van der Waals surface area contributed by atoms with E-state index in [9.17, 15) is 4.79 Å². The van der Waals surface area contributed by atoms with Crippen LogP contribution in [0.25, 0.3) is 10.2 Å². The SMILES string of the molecule is CCCCc1ccc2nc(NC(=O)c3ccc(Cn4cccn4)o3)sc2c1. The highest BCUT2D eigenvalue weighted by Gasteiger charge is 2.14. The van der Waals surface area contributed by atoms with Gasteiger partial charge < -0.3 is 4.42 Å². The van der Waals surface area contributed by atoms with Crippen molar-refractivity contribution in [1.29, 1.82) is 0 Å². The lowest BCUT2D eigenvalue weighted by atomic mass is 10.1. The van der Waals surface area contributed by atoms with Crippen molar-refractivity contribution in [1.82, 2.24) is 14.8 Å². The van der Waals surface area contributed by atoms with Gasteiger partial charge in [-0.25, -0.2) is 4.98 Å². The maximum absolute atomic E-state index is 12.5. The van der Waals surface area contributed by atoms with Crippen LogP contribution in [0.3, 0.4) is 0 Å². The Morgan fingerprint density at radius 3 is 3.04 bits per heavy atom. The van der Waals surface area contributed by atoms with Crippen LogP contribution in [0.15, 0.2) is 53.2 Å². The van der Waals surface area contributed by atoms with Gasteiger partial charge in [0.2, 0.25) is 0 Å². The fraction of sp³-hybridized carbons (Fsp3) is 0.250. The number of aromatic nitrogens is 3. The van der Waals surface area contributed by atoms with Crippen molar-refractivity contribution in [3.63, 3.8) is 0 Å². The summed E-state index contributed by atoms with van der Waals surface area (Å²) in [5.41, 5.74) is 2.20. The van der Waals surface area contributed by atoms with Gasteiger partial charge in [0, 0.05) is 12.4 Å². The number of benzene rings is 1. The third-order valence-corrected chi connectivity index (χ3v) is 5.19. The van der Waals surface area contributed by atoms with Gasteiger partial charge in [0.15, 0.2) is 10.9 Å². The predicted molar refractivity (Wildman–Crippen MR) is 106 cm³/mol. The van der Waals surface area contributed by atoms with Crippen molar-refractivity contribution in [2.24, 2.45) is 0 Å². The number of anilines is 1. The van der Waals surface area contributed by atoms with Crippen LogP contribution in [0.2, 0.25) is 0 Å². The number of aryl methyl sites for hydroxylation is 1. The second kappa shape index (κ2) is 7.75. The molecule has 0 atom stereocenters. The molecule has 0 aliphatic rings. The summed E-state index contributed by atoms with van der Waals surface area (Å²) >= 11 is 1.48. The van der Waals surface area contributed by atoms with Gasteiger partial charge in [-0.1, -0.05) is 30.7 Å². The quantitative estimate of drug-likeness (QED) is 0.503. The Morgan fingerprint density at radius 2 is 2.22 bits per heavy atom. The lowest BCUT2D eigenvalue weighted by Gasteiger charge is -1.99. The van der Waals surface area contributed by atoms with E-state index < -0.39 is 0 Å². The molecule has 0 aliphatic heterocycles. The number of hydrogen-bond acceptors (Lipinski definition) is 5. The van der Waals surface area contributed by atoms with E-state index in [1.807, 2.05) is 18.3 Å². The summed E-state index contributed by atoms with van der Waals surface area (Å²) in [5, 5.41) is 7.54. The van der Waals surface area contributed by atoms with Crippen LogP contribution in [0.1, 0.15) is 41.6 Å². The number of thiazole rings is 1. The molecular formula is C20H20N4O2S. The zero-order valence-electron chi connectivity index (χ0n) is 15.0. The number of nitrogens with zero attached hydrogens (tertiary/aromatic N) is 3. The van der Waals surface area contributed by atoms with Crippen molar-refractivity contribution in [2.75, 3.05) is 5.32 Å². The Kier molecular flexibility index (Phi) is 5.02. The maximum Gasteiger partial charge on any atom is 0.293 e. The molecule has 0 radical (unpaired) electrons. The molecule has 0 bridgehead atoms. The number of unbranched alkanes of at least 4 members (excludes halogenated alkanes) is 1. The molecular weight excluding hydrogens is 360 g/mol. The lowest BCUT2D eigenvalue weighted by Crippen LogP contribution is -2.10. The van der Waals surface area contributed by atoms with Crippen LogP contribution in [0.4, 0.5) is 5.13 Å². The van der Waals surface area contributed by atoms with E-state index in [1.165, 1.54) is 29.7 Å². The van der Waals surface area contributed by atoms with Gasteiger partial charge in [0.05, 0.1) is 16.8 Å². The van der Waals surface area contributed by atoms with Crippen molar-refractivity contribution >= 4 is 32.6 Å². The second-order valence-corrected chi connectivity index (χ2v) is 7.38. The van der Waals surface area contributed by atoms with Crippen LogP contribution in [-0.4, -0.2) is 20.7 Å². The molecule has 1 aromatic carbocycles. The Bertz CT molecular complexity index is 1050. The number of rotatable bonds is 7. The summed E-state index contributed by atoms with van der Waals surface area (Å²) in [6, 6.07) is 11.6. The monoisotopic (exact) mass is 380 g/mol. The van der Waals surface area contributed by atoms with Crippen molar-refractivity contribution in [3.05, 3.63) is 65.9 Å². The molecule has 0 saturated heterocycles. The van der Waals surface area contributed by atoms with Crippen molar-refractivity contribution in [3.8, 4) is 0 Å². The summed E-state index contributed by atoms with van der Waals surface area (Å²) in [5.74, 6) is 0.640. The molecule has 0 fully saturated rings. The molecule has 27 heavy (non-hydrogen) atoms. The molecule has 7 heteroatoms. The topological polar surface area (TPSA) is 73.0 Å². The number of fused-ring (bicyclic) bond motifs is 1. The number of carbonyl (C=O) groups excluding carboxylic acids is 1. The minimum absolute atomic E-state index is 0.264. The largest absolute Gasteiger partial charge is 0.454 e. The highest BCUT2D eigenvalue weighted by molar-refractivity contribution is 7.22. The van der Waals surface area contributed by atoms with Crippen molar-refractivity contribution < 1.29 is 9.21 Å². The molecule has 0 unspecified atom stereocenters. The Morgan fingerprint density at radius 1 is 1.30 bits per heavy atom. The van der Waals surface area contributed by atoms with Gasteiger partial charge >= 0.3 is 0 Å². The molecule has 0 saturated carbocycles. The zero-order valence-corrected chi connectivity index (χ0v) is 15.8. The van der Waals surface area contributed by atoms with Crippen LogP contribution >= 0.6 is 11.3 Å². The molecule has 3 heterocycles. The first-order valence-corrected chi connectivity index (χ1v) is 9.80. The van der Waals surface area contributed by atoms with E-state index in [-0.39, 0.29) is 11.7 Å². The van der Waals surface area contributed by atoms with Crippen LogP contribution in [0.5, 0.6) is 0 Å². The van der Waals surface area contributed by atoms with E-state index in [2.05, 4.69) is 34.5 Å². The Balaban J connectivity index is 1.45. The van der Waals surface area contributed by atoms with Gasteiger partial charge in [-0.3, -0.25) is 14.8 Å².